The van der Waals surface area contributed by atoms with Crippen molar-refractivity contribution in [3.05, 3.63) is 71.5 Å². The Morgan fingerprint density at radius 1 is 1.04 bits per heavy atom. The van der Waals surface area contributed by atoms with E-state index in [1.54, 1.807) is 47.4 Å². The summed E-state index contributed by atoms with van der Waals surface area (Å²) in [5.41, 5.74) is 0.939. The molecule has 1 N–H and O–H groups in total. The van der Waals surface area contributed by atoms with E-state index in [2.05, 4.69) is 4.72 Å². The average Bonchev–Trinajstić information content (AvgIpc) is 3.21. The summed E-state index contributed by atoms with van der Waals surface area (Å²) in [4.78, 5) is 14.6. The number of nitrogens with zero attached hydrogens (tertiary/aromatic N) is 1. The Balaban J connectivity index is 1.76. The molecule has 2 aromatic carbocycles. The quantitative estimate of drug-likeness (QED) is 0.790. The molecule has 5 nitrogen and oxygen atoms in total. The second-order valence-electron chi connectivity index (χ2n) is 6.65. The molecule has 0 bridgehead atoms. The second kappa shape index (κ2) is 8.63. The van der Waals surface area contributed by atoms with Gasteiger partial charge in [-0.15, -0.1) is 0 Å². The van der Waals surface area contributed by atoms with Crippen LogP contribution >= 0.6 is 0 Å². The van der Waals surface area contributed by atoms with E-state index in [9.17, 15) is 17.6 Å². The summed E-state index contributed by atoms with van der Waals surface area (Å²) in [6.07, 6.45) is 1.89. The molecule has 1 saturated heterocycles. The number of carbonyl (C=O) groups excluding carboxylic acids is 1. The summed E-state index contributed by atoms with van der Waals surface area (Å²) in [5.74, 6) is -0.960. The minimum atomic E-state index is -3.78. The van der Waals surface area contributed by atoms with Crippen LogP contribution in [0.5, 0.6) is 0 Å². The molecule has 1 aliphatic heterocycles. The van der Waals surface area contributed by atoms with Crippen LogP contribution in [0.4, 0.5) is 4.39 Å². The van der Waals surface area contributed by atoms with Crippen molar-refractivity contribution < 1.29 is 17.6 Å². The number of amides is 1. The molecule has 0 aromatic heterocycles. The summed E-state index contributed by atoms with van der Waals surface area (Å²) in [7, 11) is -3.78. The van der Waals surface area contributed by atoms with E-state index < -0.39 is 21.9 Å². The van der Waals surface area contributed by atoms with Crippen LogP contribution in [0.2, 0.25) is 0 Å². The van der Waals surface area contributed by atoms with Crippen molar-refractivity contribution in [2.45, 2.75) is 25.3 Å². The van der Waals surface area contributed by atoms with Crippen LogP contribution in [0.15, 0.2) is 54.6 Å². The molecule has 0 unspecified atom stereocenters. The van der Waals surface area contributed by atoms with Gasteiger partial charge in [0.2, 0.25) is 15.9 Å². The second-order valence-corrected chi connectivity index (χ2v) is 8.53. The van der Waals surface area contributed by atoms with Crippen LogP contribution in [0, 0.1) is 5.82 Å². The Bertz CT molecular complexity index is 881. The van der Waals surface area contributed by atoms with E-state index in [1.807, 2.05) is 6.07 Å². The first-order valence-electron chi connectivity index (χ1n) is 9.03. The van der Waals surface area contributed by atoms with Gasteiger partial charge in [-0.2, -0.15) is 4.72 Å². The first-order chi connectivity index (χ1) is 13.0. The maximum absolute atomic E-state index is 13.7. The van der Waals surface area contributed by atoms with Gasteiger partial charge in [0.05, 0.1) is 5.75 Å². The molecular weight excluding hydrogens is 367 g/mol. The highest BCUT2D eigenvalue weighted by Crippen LogP contribution is 2.20. The van der Waals surface area contributed by atoms with Crippen LogP contribution < -0.4 is 4.72 Å². The van der Waals surface area contributed by atoms with Crippen LogP contribution in [-0.4, -0.2) is 38.1 Å². The zero-order chi connectivity index (χ0) is 19.3. The smallest absolute Gasteiger partial charge is 0.245 e. The third-order valence-electron chi connectivity index (χ3n) is 4.69. The van der Waals surface area contributed by atoms with E-state index in [-0.39, 0.29) is 18.1 Å². The van der Waals surface area contributed by atoms with Gasteiger partial charge in [-0.1, -0.05) is 48.5 Å². The number of carbonyl (C=O) groups is 1. The molecule has 27 heavy (non-hydrogen) atoms. The molecule has 0 radical (unpaired) electrons. The molecule has 1 atom stereocenters. The lowest BCUT2D eigenvalue weighted by Crippen LogP contribution is -2.42. The average molecular weight is 390 g/mol. The van der Waals surface area contributed by atoms with E-state index in [0.29, 0.717) is 24.2 Å². The summed E-state index contributed by atoms with van der Waals surface area (Å²) in [6, 6.07) is 14.0. The molecule has 1 fully saturated rings. The summed E-state index contributed by atoms with van der Waals surface area (Å²) in [6.45, 7) is 1.28. The highest BCUT2D eigenvalue weighted by atomic mass is 32.2. The molecule has 0 saturated carbocycles. The summed E-state index contributed by atoms with van der Waals surface area (Å²) < 4.78 is 41.5. The maximum atomic E-state index is 13.7. The molecule has 1 amide bonds. The molecule has 0 spiro atoms. The number of rotatable bonds is 7. The molecule has 144 valence electrons. The summed E-state index contributed by atoms with van der Waals surface area (Å²) in [5, 5.41) is 0. The first kappa shape index (κ1) is 19.5. The van der Waals surface area contributed by atoms with E-state index in [4.69, 9.17) is 0 Å². The van der Waals surface area contributed by atoms with Gasteiger partial charge in [-0.25, -0.2) is 12.8 Å². The minimum absolute atomic E-state index is 0.0431. The Labute approximate surface area is 159 Å². The SMILES string of the molecule is O=C([C@@H](NS(=O)(=O)CCc1ccccc1F)c1ccccc1)N1CCCC1. The van der Waals surface area contributed by atoms with Crippen molar-refractivity contribution in [2.75, 3.05) is 18.8 Å². The van der Waals surface area contributed by atoms with Crippen LogP contribution in [0.3, 0.4) is 0 Å². The van der Waals surface area contributed by atoms with Crippen molar-refractivity contribution in [2.24, 2.45) is 0 Å². The lowest BCUT2D eigenvalue weighted by molar-refractivity contribution is -0.132. The molecule has 1 heterocycles. The van der Waals surface area contributed by atoms with Gasteiger partial charge in [-0.05, 0) is 36.5 Å². The highest BCUT2D eigenvalue weighted by molar-refractivity contribution is 7.89. The zero-order valence-corrected chi connectivity index (χ0v) is 15.8. The fraction of sp³-hybridized carbons (Fsp3) is 0.350. The monoisotopic (exact) mass is 390 g/mol. The maximum Gasteiger partial charge on any atom is 0.245 e. The number of nitrogens with one attached hydrogen (secondary N) is 1. The number of hydrogen-bond donors (Lipinski definition) is 1. The van der Waals surface area contributed by atoms with E-state index >= 15 is 0 Å². The lowest BCUT2D eigenvalue weighted by Gasteiger charge is -2.24. The fourth-order valence-corrected chi connectivity index (χ4v) is 4.41. The van der Waals surface area contributed by atoms with Crippen molar-refractivity contribution >= 4 is 15.9 Å². The molecule has 0 aliphatic carbocycles. The standard InChI is InChI=1S/C20H23FN2O3S/c21-18-11-5-4-8-16(18)12-15-27(25,26)22-19(17-9-2-1-3-10-17)20(24)23-13-6-7-14-23/h1-5,8-11,19,22H,6-7,12-15H2/t19-/m0/s1. The molecule has 1 aliphatic rings. The van der Waals surface area contributed by atoms with Crippen LogP contribution in [0.1, 0.15) is 30.0 Å². The molecule has 3 rings (SSSR count). The Hall–Kier alpha value is -2.25. The van der Waals surface area contributed by atoms with Crippen molar-refractivity contribution in [1.29, 1.82) is 0 Å². The lowest BCUT2D eigenvalue weighted by atomic mass is 10.1. The third-order valence-corrected chi connectivity index (χ3v) is 6.03. The highest BCUT2D eigenvalue weighted by Gasteiger charge is 2.31. The number of halogens is 1. The van der Waals surface area contributed by atoms with Gasteiger partial charge >= 0.3 is 0 Å². The van der Waals surface area contributed by atoms with E-state index in [0.717, 1.165) is 12.8 Å². The zero-order valence-electron chi connectivity index (χ0n) is 15.0. The summed E-state index contributed by atoms with van der Waals surface area (Å²) >= 11 is 0. The number of sulfonamides is 1. The van der Waals surface area contributed by atoms with E-state index in [1.165, 1.54) is 6.07 Å². The van der Waals surface area contributed by atoms with Crippen LogP contribution in [0.25, 0.3) is 0 Å². The Morgan fingerprint density at radius 3 is 2.33 bits per heavy atom. The molecule has 7 heteroatoms. The number of hydrogen-bond acceptors (Lipinski definition) is 3. The van der Waals surface area contributed by atoms with Gasteiger partial charge < -0.3 is 4.90 Å². The number of likely N-dealkylation sites (tertiary alicyclic amines) is 1. The van der Waals surface area contributed by atoms with Crippen molar-refractivity contribution in [3.8, 4) is 0 Å². The van der Waals surface area contributed by atoms with Gasteiger partial charge in [0.25, 0.3) is 0 Å². The van der Waals surface area contributed by atoms with Gasteiger partial charge in [0.15, 0.2) is 0 Å². The normalized spacial score (nSPS) is 15.7. The topological polar surface area (TPSA) is 66.5 Å². The predicted octanol–water partition coefficient (Wildman–Crippen LogP) is 2.65. The van der Waals surface area contributed by atoms with Gasteiger partial charge in [-0.3, -0.25) is 4.79 Å². The number of aryl methyl sites for hydroxylation is 1. The predicted molar refractivity (Wildman–Crippen MR) is 102 cm³/mol. The largest absolute Gasteiger partial charge is 0.341 e. The Morgan fingerprint density at radius 2 is 1.67 bits per heavy atom. The first-order valence-corrected chi connectivity index (χ1v) is 10.7. The molecule has 2 aromatic rings. The number of benzene rings is 2. The van der Waals surface area contributed by atoms with Crippen molar-refractivity contribution in [3.63, 3.8) is 0 Å². The van der Waals surface area contributed by atoms with Gasteiger partial charge in [0, 0.05) is 13.1 Å². The Kier molecular flexibility index (Phi) is 6.23. The fourth-order valence-electron chi connectivity index (χ4n) is 3.21. The van der Waals surface area contributed by atoms with Crippen LogP contribution in [-0.2, 0) is 21.2 Å². The minimum Gasteiger partial charge on any atom is -0.341 e. The van der Waals surface area contributed by atoms with Crippen molar-refractivity contribution in [1.82, 2.24) is 9.62 Å². The molecular formula is C20H23FN2O3S. The third kappa shape index (κ3) is 5.14. The van der Waals surface area contributed by atoms with Gasteiger partial charge in [0.1, 0.15) is 11.9 Å².